The largest absolute Gasteiger partial charge is 0.388 e. The van der Waals surface area contributed by atoms with Crippen LogP contribution in [-0.4, -0.2) is 30.2 Å². The third kappa shape index (κ3) is 0.802. The zero-order valence-electron chi connectivity index (χ0n) is 8.13. The molecule has 3 nitrogen and oxygen atoms in total. The number of aliphatic hydroxyl groups is 1. The molecule has 78 valence electrons. The van der Waals surface area contributed by atoms with Crippen LogP contribution in [0.2, 0.25) is 0 Å². The standard InChI is InChI=1S/C11H16O3/c12-10-9-6-2-1-5(3-6)8(9)7-4-13-11(10)14-7/h5-12H,1-4H2/t5-,6+,7+,8+,9+,10?,11+/m0/s1. The van der Waals surface area contributed by atoms with Gasteiger partial charge in [-0.25, -0.2) is 0 Å². The van der Waals surface area contributed by atoms with Crippen molar-refractivity contribution in [2.45, 2.75) is 37.8 Å². The highest BCUT2D eigenvalue weighted by atomic mass is 16.7. The molecular weight excluding hydrogens is 180 g/mol. The van der Waals surface area contributed by atoms with Gasteiger partial charge in [0.05, 0.1) is 12.7 Å². The molecule has 4 fully saturated rings. The van der Waals surface area contributed by atoms with Gasteiger partial charge in [0.2, 0.25) is 0 Å². The molecule has 2 heterocycles. The van der Waals surface area contributed by atoms with Gasteiger partial charge in [0.15, 0.2) is 6.29 Å². The number of hydrogen-bond donors (Lipinski definition) is 1. The molecule has 0 aromatic heterocycles. The van der Waals surface area contributed by atoms with E-state index >= 15 is 0 Å². The van der Waals surface area contributed by atoms with Crippen molar-refractivity contribution in [2.24, 2.45) is 23.7 Å². The Bertz CT molecular complexity index is 257. The van der Waals surface area contributed by atoms with E-state index in [2.05, 4.69) is 0 Å². The molecule has 4 bridgehead atoms. The van der Waals surface area contributed by atoms with Crippen LogP contribution in [0.15, 0.2) is 0 Å². The van der Waals surface area contributed by atoms with E-state index in [0.29, 0.717) is 24.5 Å². The molecule has 4 rings (SSSR count). The van der Waals surface area contributed by atoms with Gasteiger partial charge in [-0.2, -0.15) is 0 Å². The molecule has 0 aromatic rings. The third-order valence-corrected chi connectivity index (χ3v) is 4.88. The lowest BCUT2D eigenvalue weighted by atomic mass is 9.72. The van der Waals surface area contributed by atoms with Gasteiger partial charge in [0, 0.05) is 0 Å². The highest BCUT2D eigenvalue weighted by Crippen LogP contribution is 2.58. The van der Waals surface area contributed by atoms with E-state index < -0.39 is 0 Å². The van der Waals surface area contributed by atoms with Crippen LogP contribution >= 0.6 is 0 Å². The van der Waals surface area contributed by atoms with E-state index in [-0.39, 0.29) is 12.4 Å². The summed E-state index contributed by atoms with van der Waals surface area (Å²) in [6, 6.07) is 0. The summed E-state index contributed by atoms with van der Waals surface area (Å²) in [6.45, 7) is 0.714. The summed E-state index contributed by atoms with van der Waals surface area (Å²) in [7, 11) is 0. The van der Waals surface area contributed by atoms with Crippen LogP contribution in [0.25, 0.3) is 0 Å². The second-order valence-electron chi connectivity index (χ2n) is 5.35. The monoisotopic (exact) mass is 196 g/mol. The van der Waals surface area contributed by atoms with Crippen molar-refractivity contribution in [2.75, 3.05) is 6.61 Å². The first-order chi connectivity index (χ1) is 6.84. The van der Waals surface area contributed by atoms with E-state index in [4.69, 9.17) is 9.47 Å². The van der Waals surface area contributed by atoms with Gasteiger partial charge in [0.25, 0.3) is 0 Å². The Morgan fingerprint density at radius 3 is 2.71 bits per heavy atom. The smallest absolute Gasteiger partial charge is 0.184 e. The van der Waals surface area contributed by atoms with Crippen molar-refractivity contribution in [3.63, 3.8) is 0 Å². The fourth-order valence-corrected chi connectivity index (χ4v) is 4.44. The van der Waals surface area contributed by atoms with Gasteiger partial charge in [0.1, 0.15) is 6.10 Å². The van der Waals surface area contributed by atoms with E-state index in [0.717, 1.165) is 11.8 Å². The number of ether oxygens (including phenoxy) is 2. The third-order valence-electron chi connectivity index (χ3n) is 4.88. The summed E-state index contributed by atoms with van der Waals surface area (Å²) in [4.78, 5) is 0. The fraction of sp³-hybridized carbons (Fsp3) is 1.00. The molecule has 2 saturated heterocycles. The molecule has 1 unspecified atom stereocenters. The van der Waals surface area contributed by atoms with Crippen molar-refractivity contribution in [1.82, 2.24) is 0 Å². The minimum absolute atomic E-state index is 0.295. The lowest BCUT2D eigenvalue weighted by molar-refractivity contribution is -0.202. The van der Waals surface area contributed by atoms with Crippen molar-refractivity contribution >= 4 is 0 Å². The van der Waals surface area contributed by atoms with Crippen molar-refractivity contribution in [3.05, 3.63) is 0 Å². The minimum atomic E-state index is -0.353. The molecule has 0 radical (unpaired) electrons. The summed E-state index contributed by atoms with van der Waals surface area (Å²) in [5.41, 5.74) is 0. The molecule has 0 amide bonds. The maximum atomic E-state index is 10.1. The summed E-state index contributed by atoms with van der Waals surface area (Å²) in [5.74, 6) is 2.66. The number of hydrogen-bond acceptors (Lipinski definition) is 3. The van der Waals surface area contributed by atoms with Crippen molar-refractivity contribution in [3.8, 4) is 0 Å². The van der Waals surface area contributed by atoms with Gasteiger partial charge in [-0.15, -0.1) is 0 Å². The normalized spacial score (nSPS) is 64.5. The average Bonchev–Trinajstić information content (AvgIpc) is 2.89. The van der Waals surface area contributed by atoms with E-state index in [1.165, 1.54) is 19.3 Å². The Morgan fingerprint density at radius 1 is 1.07 bits per heavy atom. The molecule has 14 heavy (non-hydrogen) atoms. The fourth-order valence-electron chi connectivity index (χ4n) is 4.44. The molecule has 0 aromatic carbocycles. The first kappa shape index (κ1) is 8.08. The minimum Gasteiger partial charge on any atom is -0.388 e. The summed E-state index contributed by atoms with van der Waals surface area (Å²) < 4.78 is 11.2. The SMILES string of the molecule is OC1[C@@H]2OC[C@@H](O2)[C@H]2[C@H]3CC[C@H](C3)[C@@H]12. The van der Waals surface area contributed by atoms with Gasteiger partial charge < -0.3 is 14.6 Å². The second-order valence-corrected chi connectivity index (χ2v) is 5.35. The van der Waals surface area contributed by atoms with Crippen LogP contribution in [-0.2, 0) is 9.47 Å². The second kappa shape index (κ2) is 2.52. The molecule has 2 aliphatic heterocycles. The molecule has 2 saturated carbocycles. The molecule has 1 N–H and O–H groups in total. The van der Waals surface area contributed by atoms with Gasteiger partial charge >= 0.3 is 0 Å². The summed E-state index contributed by atoms with van der Waals surface area (Å²) >= 11 is 0. The molecule has 4 aliphatic rings. The van der Waals surface area contributed by atoms with E-state index in [1.807, 2.05) is 0 Å². The molecular formula is C11H16O3. The van der Waals surface area contributed by atoms with Crippen molar-refractivity contribution in [1.29, 1.82) is 0 Å². The van der Waals surface area contributed by atoms with Crippen LogP contribution in [0, 0.1) is 23.7 Å². The quantitative estimate of drug-likeness (QED) is 0.622. The Labute approximate surface area is 83.4 Å². The Balaban J connectivity index is 1.74. The van der Waals surface area contributed by atoms with E-state index in [9.17, 15) is 5.11 Å². The van der Waals surface area contributed by atoms with Crippen LogP contribution < -0.4 is 0 Å². The number of fused-ring (bicyclic) bond motifs is 8. The van der Waals surface area contributed by atoms with Gasteiger partial charge in [-0.05, 0) is 42.9 Å². The molecule has 7 atom stereocenters. The lowest BCUT2D eigenvalue weighted by Crippen LogP contribution is -2.49. The molecule has 2 aliphatic carbocycles. The Hall–Kier alpha value is -0.120. The van der Waals surface area contributed by atoms with E-state index in [1.54, 1.807) is 0 Å². The first-order valence-corrected chi connectivity index (χ1v) is 5.80. The Kier molecular flexibility index (Phi) is 1.45. The first-order valence-electron chi connectivity index (χ1n) is 5.80. The highest BCUT2D eigenvalue weighted by Gasteiger charge is 2.60. The highest BCUT2D eigenvalue weighted by molar-refractivity contribution is 5.06. The Morgan fingerprint density at radius 2 is 1.86 bits per heavy atom. The number of aliphatic hydroxyl groups excluding tert-OH is 1. The summed E-state index contributed by atoms with van der Waals surface area (Å²) in [6.07, 6.45) is 3.64. The summed E-state index contributed by atoms with van der Waals surface area (Å²) in [5, 5.41) is 10.1. The predicted octanol–water partition coefficient (Wildman–Crippen LogP) is 0.765. The molecule has 0 spiro atoms. The van der Waals surface area contributed by atoms with Crippen LogP contribution in [0.1, 0.15) is 19.3 Å². The average molecular weight is 196 g/mol. The van der Waals surface area contributed by atoms with Crippen LogP contribution in [0.4, 0.5) is 0 Å². The lowest BCUT2D eigenvalue weighted by Gasteiger charge is -2.41. The zero-order chi connectivity index (χ0) is 9.28. The van der Waals surface area contributed by atoms with Crippen LogP contribution in [0.3, 0.4) is 0 Å². The molecule has 3 heteroatoms. The maximum Gasteiger partial charge on any atom is 0.184 e. The van der Waals surface area contributed by atoms with Crippen molar-refractivity contribution < 1.29 is 14.6 Å². The topological polar surface area (TPSA) is 38.7 Å². The zero-order valence-corrected chi connectivity index (χ0v) is 8.13. The van der Waals surface area contributed by atoms with Gasteiger partial charge in [-0.1, -0.05) is 0 Å². The maximum absolute atomic E-state index is 10.1. The number of rotatable bonds is 0. The van der Waals surface area contributed by atoms with Gasteiger partial charge in [-0.3, -0.25) is 0 Å². The van der Waals surface area contributed by atoms with Crippen LogP contribution in [0.5, 0.6) is 0 Å². The predicted molar refractivity (Wildman–Crippen MR) is 48.4 cm³/mol.